The molecule has 3 heterocycles. The van der Waals surface area contributed by atoms with Crippen molar-refractivity contribution in [3.05, 3.63) is 42.6 Å². The van der Waals surface area contributed by atoms with Gasteiger partial charge in [-0.2, -0.15) is 0 Å². The smallest absolute Gasteiger partial charge is 0.408 e. The Morgan fingerprint density at radius 1 is 1.12 bits per heavy atom. The number of aromatic nitrogens is 1. The Balaban J connectivity index is 1.37. The van der Waals surface area contributed by atoms with Gasteiger partial charge >= 0.3 is 6.09 Å². The molecule has 2 aliphatic carbocycles. The second-order valence-electron chi connectivity index (χ2n) is 17.0. The third-order valence-electron chi connectivity index (χ3n) is 12.1. The van der Waals surface area contributed by atoms with Crippen LogP contribution in [-0.2, 0) is 29.1 Å². The van der Waals surface area contributed by atoms with E-state index in [2.05, 4.69) is 20.3 Å². The summed E-state index contributed by atoms with van der Waals surface area (Å²) in [5.41, 5.74) is -3.76. The molecule has 58 heavy (non-hydrogen) atoms. The van der Waals surface area contributed by atoms with Crippen LogP contribution in [0.5, 0.6) is 11.6 Å². The van der Waals surface area contributed by atoms with E-state index in [9.17, 15) is 36.4 Å². The highest BCUT2D eigenvalue weighted by Gasteiger charge is 2.63. The minimum Gasteiger partial charge on any atom is -0.492 e. The van der Waals surface area contributed by atoms with E-state index >= 15 is 0 Å². The quantitative estimate of drug-likeness (QED) is 0.248. The number of hydrogen-bond donors (Lipinski definition) is 3. The zero-order chi connectivity index (χ0) is 42.2. The van der Waals surface area contributed by atoms with Gasteiger partial charge in [0.2, 0.25) is 27.7 Å². The number of fused-ring (bicyclic) bond motifs is 3. The van der Waals surface area contributed by atoms with Gasteiger partial charge in [-0.15, -0.1) is 0 Å². The number of halogens is 2. The molecule has 0 unspecified atom stereocenters. The first-order valence-corrected chi connectivity index (χ1v) is 21.6. The van der Waals surface area contributed by atoms with Gasteiger partial charge in [-0.05, 0) is 84.1 Å². The molecule has 17 heteroatoms. The Labute approximate surface area is 338 Å². The number of hydrogen-bond acceptors (Lipinski definition) is 10. The zero-order valence-corrected chi connectivity index (χ0v) is 34.7. The van der Waals surface area contributed by atoms with E-state index in [0.717, 1.165) is 19.2 Å². The lowest BCUT2D eigenvalue weighted by Crippen LogP contribution is -2.59. The maximum atomic E-state index is 14.9. The minimum atomic E-state index is -4.05. The van der Waals surface area contributed by atoms with Crippen molar-refractivity contribution in [2.75, 3.05) is 13.2 Å². The molecule has 0 spiro atoms. The Hall–Kier alpha value is -4.54. The van der Waals surface area contributed by atoms with Crippen molar-refractivity contribution in [1.29, 1.82) is 0 Å². The summed E-state index contributed by atoms with van der Waals surface area (Å²) < 4.78 is 72.5. The van der Waals surface area contributed by atoms with E-state index in [1.165, 1.54) is 11.1 Å². The van der Waals surface area contributed by atoms with Crippen molar-refractivity contribution >= 4 is 44.6 Å². The number of alkyl halides is 2. The highest BCUT2D eigenvalue weighted by atomic mass is 32.2. The van der Waals surface area contributed by atoms with E-state index in [1.807, 2.05) is 57.2 Å². The number of ether oxygens (including phenoxy) is 3. The first-order valence-electron chi connectivity index (χ1n) is 20.2. The molecule has 0 radical (unpaired) electrons. The molecule has 1 aromatic carbocycles. The second-order valence-corrected chi connectivity index (χ2v) is 19.2. The average Bonchev–Trinajstić information content (AvgIpc) is 4.05. The predicted octanol–water partition coefficient (Wildman–Crippen LogP) is 5.40. The fourth-order valence-electron chi connectivity index (χ4n) is 7.92. The number of benzene rings is 1. The van der Waals surface area contributed by atoms with Gasteiger partial charge in [0.1, 0.15) is 29.5 Å². The molecule has 6 rings (SSSR count). The lowest BCUT2D eigenvalue weighted by Gasteiger charge is -2.34. The summed E-state index contributed by atoms with van der Waals surface area (Å²) in [6.07, 6.45) is 3.27. The zero-order valence-electron chi connectivity index (χ0n) is 33.9. The number of pyridine rings is 1. The van der Waals surface area contributed by atoms with Crippen LogP contribution in [0, 0.1) is 17.8 Å². The molecule has 4 amide bonds. The summed E-state index contributed by atoms with van der Waals surface area (Å²) in [6.45, 7) is 9.68. The number of amides is 4. The highest BCUT2D eigenvalue weighted by Crippen LogP contribution is 2.48. The molecule has 1 aromatic heterocycles. The number of nitrogens with one attached hydrogen (secondary N) is 3. The summed E-state index contributed by atoms with van der Waals surface area (Å²) in [5.74, 6) is -2.43. The minimum absolute atomic E-state index is 0.0336. The molecule has 3 fully saturated rings. The first-order chi connectivity index (χ1) is 27.3. The van der Waals surface area contributed by atoms with E-state index in [-0.39, 0.29) is 31.2 Å². The Morgan fingerprint density at radius 3 is 2.48 bits per heavy atom. The number of carbonyl (C=O) groups is 4. The monoisotopic (exact) mass is 831 g/mol. The van der Waals surface area contributed by atoms with Crippen LogP contribution in [0.4, 0.5) is 13.6 Å². The van der Waals surface area contributed by atoms with E-state index in [4.69, 9.17) is 14.2 Å². The summed E-state index contributed by atoms with van der Waals surface area (Å²) in [4.78, 5) is 62.5. The fraction of sp³-hybridized carbons (Fsp3) is 0.634. The molecule has 3 N–H and O–H groups in total. The third-order valence-corrected chi connectivity index (χ3v) is 14.2. The molecule has 7 atom stereocenters. The Morgan fingerprint density at radius 2 is 1.83 bits per heavy atom. The molecule has 1 saturated heterocycles. The van der Waals surface area contributed by atoms with Crippen LogP contribution < -0.4 is 24.8 Å². The van der Waals surface area contributed by atoms with Crippen molar-refractivity contribution in [2.24, 2.45) is 17.8 Å². The standard InChI is InChI=1S/C41H55F2N5O9S/c1-7-25-19-24(3)13-9-10-14-26-21-41(26,37(51)47-58(53,54)40(6)17-18-40)46-33(49)30-20-27(56-34-29-16-12-11-15-28(29)31(22-44-34)55-8-2)23-48(30)35(50)32(25)45-38(52)57-39(4,5)36(42)43/h10-12,14-16,22,24-27,30,32,36H,7-9,13,17-21,23H2,1-6H3,(H,45,52)(H,46,49)(H,47,51)/b14-10-/t24-,25-,26-,27-,30+,32+,41-/m1/s1. The summed E-state index contributed by atoms with van der Waals surface area (Å²) in [7, 11) is -4.05. The number of alkyl carbamates (subject to hydrolysis) is 1. The van der Waals surface area contributed by atoms with Crippen LogP contribution in [0.3, 0.4) is 0 Å². The van der Waals surface area contributed by atoms with Crippen LogP contribution in [0.15, 0.2) is 42.6 Å². The van der Waals surface area contributed by atoms with Gasteiger partial charge in [0.15, 0.2) is 5.60 Å². The van der Waals surface area contributed by atoms with Crippen molar-refractivity contribution in [3.63, 3.8) is 0 Å². The number of allylic oxidation sites excluding steroid dienone is 1. The molecule has 14 nitrogen and oxygen atoms in total. The topological polar surface area (TPSA) is 182 Å². The number of rotatable bonds is 11. The maximum absolute atomic E-state index is 14.9. The average molecular weight is 832 g/mol. The Kier molecular flexibility index (Phi) is 12.3. The highest BCUT2D eigenvalue weighted by molar-refractivity contribution is 7.91. The molecule has 2 aliphatic heterocycles. The van der Waals surface area contributed by atoms with Crippen LogP contribution in [0.2, 0.25) is 0 Å². The summed E-state index contributed by atoms with van der Waals surface area (Å²) >= 11 is 0. The molecule has 318 valence electrons. The van der Waals surface area contributed by atoms with Crippen molar-refractivity contribution < 1.29 is 50.6 Å². The largest absolute Gasteiger partial charge is 0.492 e. The summed E-state index contributed by atoms with van der Waals surface area (Å²) in [5, 5.41) is 6.80. The molecule has 2 saturated carbocycles. The number of carbonyl (C=O) groups excluding carboxylic acids is 4. The first kappa shape index (κ1) is 43.0. The van der Waals surface area contributed by atoms with Gasteiger partial charge in [-0.1, -0.05) is 50.6 Å². The van der Waals surface area contributed by atoms with Gasteiger partial charge < -0.3 is 29.7 Å². The fourth-order valence-corrected chi connectivity index (χ4v) is 9.23. The molecule has 4 aliphatic rings. The predicted molar refractivity (Wildman–Crippen MR) is 211 cm³/mol. The van der Waals surface area contributed by atoms with E-state index < -0.39 is 86.2 Å². The van der Waals surface area contributed by atoms with Crippen LogP contribution in [-0.4, -0.2) is 95.8 Å². The van der Waals surface area contributed by atoms with E-state index in [1.54, 1.807) is 6.92 Å². The third kappa shape index (κ3) is 8.88. The SMILES string of the molecule is CCOc1cnc(O[C@@H]2C[C@H]3C(=O)N[C@]4(C(=O)NS(=O)(=O)C5(C)CC5)C[C@H]4/C=C\CC[C@@H](C)C[C@@H](CC)[C@H](NC(=O)OC(C)(C)C(F)F)C(=O)N3C2)c2ccccc12. The van der Waals surface area contributed by atoms with Gasteiger partial charge in [-0.25, -0.2) is 27.0 Å². The van der Waals surface area contributed by atoms with Gasteiger partial charge in [-0.3, -0.25) is 19.1 Å². The van der Waals surface area contributed by atoms with Crippen molar-refractivity contribution in [2.45, 2.75) is 133 Å². The van der Waals surface area contributed by atoms with Crippen molar-refractivity contribution in [1.82, 2.24) is 25.2 Å². The lowest BCUT2D eigenvalue weighted by molar-refractivity contribution is -0.142. The molecule has 0 bridgehead atoms. The molecular formula is C41H55F2N5O9S. The Bertz CT molecular complexity index is 2040. The number of sulfonamides is 1. The van der Waals surface area contributed by atoms with Gasteiger partial charge in [0.05, 0.1) is 24.1 Å². The molecular weight excluding hydrogens is 777 g/mol. The summed E-state index contributed by atoms with van der Waals surface area (Å²) in [6, 6.07) is 4.78. The van der Waals surface area contributed by atoms with Gasteiger partial charge in [0.25, 0.3) is 12.3 Å². The normalized spacial score (nSPS) is 29.2. The van der Waals surface area contributed by atoms with Crippen molar-refractivity contribution in [3.8, 4) is 11.6 Å². The van der Waals surface area contributed by atoms with E-state index in [0.29, 0.717) is 56.3 Å². The van der Waals surface area contributed by atoms with Crippen LogP contribution in [0.25, 0.3) is 10.8 Å². The molecule has 2 aromatic rings. The van der Waals surface area contributed by atoms with Gasteiger partial charge in [0, 0.05) is 23.1 Å². The second kappa shape index (κ2) is 16.6. The van der Waals surface area contributed by atoms with Crippen LogP contribution in [0.1, 0.15) is 92.9 Å². The number of nitrogens with zero attached hydrogens (tertiary/aromatic N) is 2. The lowest BCUT2D eigenvalue weighted by atomic mass is 9.85. The van der Waals surface area contributed by atoms with Crippen LogP contribution >= 0.6 is 0 Å². The maximum Gasteiger partial charge on any atom is 0.408 e.